The van der Waals surface area contributed by atoms with Crippen LogP contribution in [0.2, 0.25) is 0 Å². The number of ether oxygens (including phenoxy) is 2. The van der Waals surface area contributed by atoms with Gasteiger partial charge >= 0.3 is 6.09 Å². The van der Waals surface area contributed by atoms with E-state index in [4.69, 9.17) is 9.47 Å². The lowest BCUT2D eigenvalue weighted by Gasteiger charge is -2.26. The van der Waals surface area contributed by atoms with E-state index in [0.717, 1.165) is 25.9 Å². The molecular formula is C16H32N2O3. The van der Waals surface area contributed by atoms with E-state index >= 15 is 0 Å². The minimum atomic E-state index is -0.465. The molecule has 0 bridgehead atoms. The topological polar surface area (TPSA) is 59.6 Å². The van der Waals surface area contributed by atoms with E-state index < -0.39 is 5.60 Å². The molecular weight excluding hydrogens is 268 g/mol. The molecule has 0 aromatic carbocycles. The van der Waals surface area contributed by atoms with Gasteiger partial charge in [0, 0.05) is 19.1 Å². The Balaban J connectivity index is 2.31. The zero-order valence-electron chi connectivity index (χ0n) is 14.4. The first kappa shape index (κ1) is 18.2. The summed E-state index contributed by atoms with van der Waals surface area (Å²) in [7, 11) is 0. The van der Waals surface area contributed by atoms with Crippen molar-refractivity contribution in [2.75, 3.05) is 13.1 Å². The van der Waals surface area contributed by atoms with E-state index in [1.807, 2.05) is 20.8 Å². The lowest BCUT2D eigenvalue weighted by Crippen LogP contribution is -2.48. The van der Waals surface area contributed by atoms with Crippen LogP contribution in [0.15, 0.2) is 0 Å². The molecule has 1 amide bonds. The molecule has 0 aromatic rings. The molecule has 21 heavy (non-hydrogen) atoms. The molecule has 5 heteroatoms. The second-order valence-electron chi connectivity index (χ2n) is 7.30. The van der Waals surface area contributed by atoms with Crippen molar-refractivity contribution in [3.05, 3.63) is 0 Å². The number of hydrogen-bond acceptors (Lipinski definition) is 4. The third-order valence-corrected chi connectivity index (χ3v) is 3.56. The molecule has 0 aliphatic carbocycles. The first-order valence-electron chi connectivity index (χ1n) is 8.03. The molecule has 124 valence electrons. The van der Waals surface area contributed by atoms with Crippen LogP contribution in [0.1, 0.15) is 54.4 Å². The maximum absolute atomic E-state index is 11.9. The van der Waals surface area contributed by atoms with Crippen LogP contribution in [0.25, 0.3) is 0 Å². The lowest BCUT2D eigenvalue weighted by atomic mass is 10.0. The Morgan fingerprint density at radius 2 is 2.00 bits per heavy atom. The Kier molecular flexibility index (Phi) is 6.94. The molecule has 2 N–H and O–H groups in total. The van der Waals surface area contributed by atoms with Gasteiger partial charge < -0.3 is 20.1 Å². The molecule has 0 saturated carbocycles. The van der Waals surface area contributed by atoms with Gasteiger partial charge in [0.15, 0.2) is 0 Å². The van der Waals surface area contributed by atoms with E-state index in [0.29, 0.717) is 18.1 Å². The molecule has 1 rings (SSSR count). The lowest BCUT2D eigenvalue weighted by molar-refractivity contribution is 0.0477. The van der Waals surface area contributed by atoms with Gasteiger partial charge in [-0.05, 0) is 46.5 Å². The van der Waals surface area contributed by atoms with Crippen LogP contribution in [0, 0.1) is 5.92 Å². The second kappa shape index (κ2) is 7.99. The van der Waals surface area contributed by atoms with Gasteiger partial charge in [-0.3, -0.25) is 0 Å². The zero-order valence-corrected chi connectivity index (χ0v) is 14.4. The van der Waals surface area contributed by atoms with Crippen LogP contribution in [-0.4, -0.2) is 43.0 Å². The van der Waals surface area contributed by atoms with Crippen LogP contribution >= 0.6 is 0 Å². The van der Waals surface area contributed by atoms with Gasteiger partial charge in [-0.25, -0.2) is 4.79 Å². The number of carbonyl (C=O) groups excluding carboxylic acids is 1. The van der Waals surface area contributed by atoms with Gasteiger partial charge in [0.25, 0.3) is 0 Å². The molecule has 3 atom stereocenters. The summed E-state index contributed by atoms with van der Waals surface area (Å²) in [4.78, 5) is 11.9. The van der Waals surface area contributed by atoms with Crippen LogP contribution in [0.3, 0.4) is 0 Å². The van der Waals surface area contributed by atoms with Crippen LogP contribution < -0.4 is 10.6 Å². The van der Waals surface area contributed by atoms with Crippen molar-refractivity contribution >= 4 is 6.09 Å². The molecule has 0 aromatic heterocycles. The van der Waals surface area contributed by atoms with Gasteiger partial charge in [-0.15, -0.1) is 0 Å². The predicted molar refractivity (Wildman–Crippen MR) is 84.4 cm³/mol. The van der Waals surface area contributed by atoms with E-state index in [1.54, 1.807) is 0 Å². The Labute approximate surface area is 129 Å². The predicted octanol–water partition coefficient (Wildman–Crippen LogP) is 2.69. The largest absolute Gasteiger partial charge is 0.444 e. The highest BCUT2D eigenvalue weighted by atomic mass is 16.6. The summed E-state index contributed by atoms with van der Waals surface area (Å²) in [6.45, 7) is 13.5. The molecule has 1 aliphatic heterocycles. The van der Waals surface area contributed by atoms with Gasteiger partial charge in [0.1, 0.15) is 5.60 Å². The first-order chi connectivity index (χ1) is 9.67. The normalized spacial score (nSPS) is 24.1. The summed E-state index contributed by atoms with van der Waals surface area (Å²) in [5, 5.41) is 6.34. The van der Waals surface area contributed by atoms with Crippen molar-refractivity contribution in [1.29, 1.82) is 0 Å². The summed E-state index contributed by atoms with van der Waals surface area (Å²) < 4.78 is 11.1. The van der Waals surface area contributed by atoms with E-state index in [2.05, 4.69) is 31.4 Å². The molecule has 1 fully saturated rings. The van der Waals surface area contributed by atoms with Gasteiger partial charge in [0.05, 0.1) is 12.2 Å². The van der Waals surface area contributed by atoms with Crippen molar-refractivity contribution in [2.24, 2.45) is 5.92 Å². The third-order valence-electron chi connectivity index (χ3n) is 3.56. The summed E-state index contributed by atoms with van der Waals surface area (Å²) in [5.74, 6) is 0.341. The van der Waals surface area contributed by atoms with Crippen LogP contribution in [0.5, 0.6) is 0 Å². The van der Waals surface area contributed by atoms with Crippen LogP contribution in [-0.2, 0) is 9.47 Å². The highest BCUT2D eigenvalue weighted by molar-refractivity contribution is 5.68. The Morgan fingerprint density at radius 1 is 1.33 bits per heavy atom. The summed E-state index contributed by atoms with van der Waals surface area (Å²) in [6, 6.07) is 0.0543. The van der Waals surface area contributed by atoms with Gasteiger partial charge in [-0.2, -0.15) is 0 Å². The Hall–Kier alpha value is -0.810. The van der Waals surface area contributed by atoms with Crippen molar-refractivity contribution in [3.63, 3.8) is 0 Å². The molecule has 1 saturated heterocycles. The fraction of sp³-hybridized carbons (Fsp3) is 0.938. The van der Waals surface area contributed by atoms with E-state index in [1.165, 1.54) is 0 Å². The number of hydrogen-bond donors (Lipinski definition) is 2. The molecule has 1 heterocycles. The van der Waals surface area contributed by atoms with Crippen molar-refractivity contribution < 1.29 is 14.3 Å². The SMILES string of the molecule is CC1CCC(CNCC(NC(=O)OC(C)(C)C)C(C)C)O1. The maximum atomic E-state index is 11.9. The fourth-order valence-electron chi connectivity index (χ4n) is 2.35. The highest BCUT2D eigenvalue weighted by Gasteiger charge is 2.23. The summed E-state index contributed by atoms with van der Waals surface area (Å²) >= 11 is 0. The molecule has 5 nitrogen and oxygen atoms in total. The third kappa shape index (κ3) is 7.67. The smallest absolute Gasteiger partial charge is 0.407 e. The number of alkyl carbamates (subject to hydrolysis) is 1. The average molecular weight is 300 g/mol. The number of amides is 1. The number of nitrogens with one attached hydrogen (secondary N) is 2. The summed E-state index contributed by atoms with van der Waals surface area (Å²) in [5.41, 5.74) is -0.465. The second-order valence-corrected chi connectivity index (χ2v) is 7.30. The summed E-state index contributed by atoms with van der Waals surface area (Å²) in [6.07, 6.45) is 2.57. The quantitative estimate of drug-likeness (QED) is 0.792. The molecule has 1 aliphatic rings. The van der Waals surface area contributed by atoms with E-state index in [9.17, 15) is 4.79 Å². The van der Waals surface area contributed by atoms with Crippen molar-refractivity contribution in [2.45, 2.75) is 78.2 Å². The molecule has 0 radical (unpaired) electrons. The Bertz CT molecular complexity index is 326. The fourth-order valence-corrected chi connectivity index (χ4v) is 2.35. The number of rotatable bonds is 6. The minimum Gasteiger partial charge on any atom is -0.444 e. The highest BCUT2D eigenvalue weighted by Crippen LogP contribution is 2.18. The standard InChI is InChI=1S/C16H32N2O3/c1-11(2)14(18-15(19)21-16(4,5)6)10-17-9-13-8-7-12(3)20-13/h11-14,17H,7-10H2,1-6H3,(H,18,19). The molecule has 3 unspecified atom stereocenters. The number of carbonyl (C=O) groups is 1. The maximum Gasteiger partial charge on any atom is 0.407 e. The first-order valence-corrected chi connectivity index (χ1v) is 8.03. The average Bonchev–Trinajstić information content (AvgIpc) is 2.71. The van der Waals surface area contributed by atoms with Gasteiger partial charge in [0.2, 0.25) is 0 Å². The monoisotopic (exact) mass is 300 g/mol. The van der Waals surface area contributed by atoms with Crippen molar-refractivity contribution in [3.8, 4) is 0 Å². The Morgan fingerprint density at radius 3 is 2.48 bits per heavy atom. The van der Waals surface area contributed by atoms with Gasteiger partial charge in [-0.1, -0.05) is 13.8 Å². The van der Waals surface area contributed by atoms with Crippen molar-refractivity contribution in [1.82, 2.24) is 10.6 Å². The zero-order chi connectivity index (χ0) is 16.0. The van der Waals surface area contributed by atoms with Crippen LogP contribution in [0.4, 0.5) is 4.79 Å². The minimum absolute atomic E-state index is 0.0543. The van der Waals surface area contributed by atoms with E-state index in [-0.39, 0.29) is 12.1 Å². The molecule has 0 spiro atoms.